The Morgan fingerprint density at radius 3 is 2.67 bits per heavy atom. The van der Waals surface area contributed by atoms with Crippen molar-refractivity contribution < 1.29 is 9.53 Å². The van der Waals surface area contributed by atoms with Crippen LogP contribution in [0.3, 0.4) is 0 Å². The fraction of sp³-hybridized carbons (Fsp3) is 0.185. The second-order valence-corrected chi connectivity index (χ2v) is 10.1. The van der Waals surface area contributed by atoms with Gasteiger partial charge >= 0.3 is 0 Å². The van der Waals surface area contributed by atoms with Gasteiger partial charge in [-0.25, -0.2) is 4.98 Å². The summed E-state index contributed by atoms with van der Waals surface area (Å²) in [6.07, 6.45) is 0. The molecule has 0 saturated heterocycles. The molecule has 182 valence electrons. The lowest BCUT2D eigenvalue weighted by molar-refractivity contribution is -0.113. The van der Waals surface area contributed by atoms with Crippen LogP contribution in [0.5, 0.6) is 5.75 Å². The van der Waals surface area contributed by atoms with Crippen LogP contribution in [0.15, 0.2) is 71.9 Å². The van der Waals surface area contributed by atoms with Crippen LogP contribution in [-0.2, 0) is 11.3 Å². The van der Waals surface area contributed by atoms with Gasteiger partial charge in [-0.05, 0) is 67.9 Å². The molecular formula is C27H25N5O2S2. The molecule has 7 nitrogen and oxygen atoms in total. The van der Waals surface area contributed by atoms with E-state index in [-0.39, 0.29) is 11.7 Å². The number of rotatable bonds is 8. The molecule has 2 aromatic heterocycles. The summed E-state index contributed by atoms with van der Waals surface area (Å²) in [5.41, 5.74) is 4.87. The number of aryl methyl sites for hydroxylation is 1. The Hall–Kier alpha value is -3.69. The number of anilines is 1. The molecule has 3 aromatic carbocycles. The highest BCUT2D eigenvalue weighted by Crippen LogP contribution is 2.32. The van der Waals surface area contributed by atoms with Crippen molar-refractivity contribution in [2.45, 2.75) is 25.5 Å². The third kappa shape index (κ3) is 4.98. The van der Waals surface area contributed by atoms with Crippen LogP contribution in [0.2, 0.25) is 0 Å². The van der Waals surface area contributed by atoms with Crippen molar-refractivity contribution in [3.05, 3.63) is 72.3 Å². The third-order valence-corrected chi connectivity index (χ3v) is 7.71. The van der Waals surface area contributed by atoms with E-state index in [4.69, 9.17) is 9.72 Å². The second kappa shape index (κ2) is 10.5. The second-order valence-electron chi connectivity index (χ2n) is 8.16. The van der Waals surface area contributed by atoms with Crippen molar-refractivity contribution in [2.24, 2.45) is 0 Å². The Balaban J connectivity index is 1.24. The Labute approximate surface area is 217 Å². The van der Waals surface area contributed by atoms with Gasteiger partial charge in [0.05, 0.1) is 28.6 Å². The molecule has 5 rings (SSSR count). The number of amides is 1. The highest BCUT2D eigenvalue weighted by atomic mass is 32.2. The van der Waals surface area contributed by atoms with E-state index in [1.807, 2.05) is 60.0 Å². The Kier molecular flexibility index (Phi) is 7.02. The van der Waals surface area contributed by atoms with Gasteiger partial charge in [0.2, 0.25) is 5.91 Å². The number of methoxy groups -OCH3 is 1. The Morgan fingerprint density at radius 2 is 1.89 bits per heavy atom. The molecule has 0 unspecified atom stereocenters. The fourth-order valence-electron chi connectivity index (χ4n) is 3.89. The zero-order valence-corrected chi connectivity index (χ0v) is 21.8. The summed E-state index contributed by atoms with van der Waals surface area (Å²) in [5.74, 6) is 1.58. The van der Waals surface area contributed by atoms with Crippen LogP contribution >= 0.6 is 23.1 Å². The summed E-state index contributed by atoms with van der Waals surface area (Å²) in [4.78, 5) is 17.4. The van der Waals surface area contributed by atoms with Crippen molar-refractivity contribution >= 4 is 44.9 Å². The summed E-state index contributed by atoms with van der Waals surface area (Å²) < 4.78 is 8.64. The number of hydrogen-bond acceptors (Lipinski definition) is 7. The first-order chi connectivity index (χ1) is 17.6. The fourth-order valence-corrected chi connectivity index (χ4v) is 5.76. The molecule has 2 heterocycles. The molecule has 0 radical (unpaired) electrons. The lowest BCUT2D eigenvalue weighted by atomic mass is 10.2. The predicted octanol–water partition coefficient (Wildman–Crippen LogP) is 6.29. The average molecular weight is 516 g/mol. The van der Waals surface area contributed by atoms with Gasteiger partial charge in [0.1, 0.15) is 10.8 Å². The van der Waals surface area contributed by atoms with Crippen molar-refractivity contribution in [1.82, 2.24) is 19.7 Å². The van der Waals surface area contributed by atoms with E-state index in [9.17, 15) is 4.79 Å². The number of thioether (sulfide) groups is 1. The summed E-state index contributed by atoms with van der Waals surface area (Å²) >= 11 is 3.03. The minimum Gasteiger partial charge on any atom is -0.496 e. The smallest absolute Gasteiger partial charge is 0.234 e. The SMILES string of the molecule is CCn1c(SCC(=O)Nc2ccc(-c3nc4ccc(C)cc4s3)cc2)nnc1-c1ccccc1OC. The summed E-state index contributed by atoms with van der Waals surface area (Å²) in [6, 6.07) is 21.8. The largest absolute Gasteiger partial charge is 0.496 e. The number of carbonyl (C=O) groups is 1. The standard InChI is InChI=1S/C27H25N5O2S2/c1-4-32-25(20-7-5-6-8-22(20)34-3)30-31-27(32)35-16-24(33)28-19-12-10-18(11-13-19)26-29-21-14-9-17(2)15-23(21)36-26/h5-15H,4,16H2,1-3H3,(H,28,33). The number of hydrogen-bond donors (Lipinski definition) is 1. The van der Waals surface area contributed by atoms with Gasteiger partial charge in [-0.15, -0.1) is 21.5 Å². The number of aromatic nitrogens is 4. The molecule has 9 heteroatoms. The Morgan fingerprint density at radius 1 is 1.08 bits per heavy atom. The van der Waals surface area contributed by atoms with Gasteiger partial charge in [-0.1, -0.05) is 30.0 Å². The number of benzene rings is 3. The predicted molar refractivity (Wildman–Crippen MR) is 147 cm³/mol. The summed E-state index contributed by atoms with van der Waals surface area (Å²) in [6.45, 7) is 4.79. The highest BCUT2D eigenvalue weighted by molar-refractivity contribution is 7.99. The molecule has 1 amide bonds. The molecule has 0 spiro atoms. The lowest BCUT2D eigenvalue weighted by Gasteiger charge is -2.10. The van der Waals surface area contributed by atoms with Crippen molar-refractivity contribution in [2.75, 3.05) is 18.2 Å². The van der Waals surface area contributed by atoms with Crippen LogP contribution in [0.1, 0.15) is 12.5 Å². The molecule has 0 bridgehead atoms. The number of nitrogens with zero attached hydrogens (tertiary/aromatic N) is 4. The number of ether oxygens (including phenoxy) is 1. The van der Waals surface area contributed by atoms with Crippen molar-refractivity contribution in [1.29, 1.82) is 0 Å². The minimum absolute atomic E-state index is 0.104. The van der Waals surface area contributed by atoms with Gasteiger partial charge in [0, 0.05) is 17.8 Å². The van der Waals surface area contributed by atoms with E-state index >= 15 is 0 Å². The van der Waals surface area contributed by atoms with E-state index in [1.165, 1.54) is 22.0 Å². The Bertz CT molecular complexity index is 1530. The number of nitrogens with one attached hydrogen (secondary N) is 1. The minimum atomic E-state index is -0.104. The van der Waals surface area contributed by atoms with Crippen LogP contribution in [0, 0.1) is 6.92 Å². The number of para-hydroxylation sites is 1. The molecule has 0 aliphatic rings. The molecular weight excluding hydrogens is 490 g/mol. The first-order valence-corrected chi connectivity index (χ1v) is 13.3. The molecule has 0 fully saturated rings. The van der Waals surface area contributed by atoms with E-state index in [0.29, 0.717) is 11.7 Å². The van der Waals surface area contributed by atoms with Crippen LogP contribution in [-0.4, -0.2) is 38.5 Å². The zero-order valence-electron chi connectivity index (χ0n) is 20.2. The van der Waals surface area contributed by atoms with Gasteiger partial charge in [0.25, 0.3) is 0 Å². The van der Waals surface area contributed by atoms with Crippen LogP contribution in [0.25, 0.3) is 32.2 Å². The molecule has 0 saturated carbocycles. The maximum atomic E-state index is 12.6. The number of thiazole rings is 1. The normalized spacial score (nSPS) is 11.1. The summed E-state index contributed by atoms with van der Waals surface area (Å²) in [5, 5.41) is 13.3. The third-order valence-electron chi connectivity index (χ3n) is 5.67. The lowest BCUT2D eigenvalue weighted by Crippen LogP contribution is -2.14. The van der Waals surface area contributed by atoms with E-state index in [1.54, 1.807) is 18.4 Å². The van der Waals surface area contributed by atoms with E-state index < -0.39 is 0 Å². The zero-order chi connectivity index (χ0) is 25.1. The van der Waals surface area contributed by atoms with Gasteiger partial charge in [-0.3, -0.25) is 4.79 Å². The van der Waals surface area contributed by atoms with Crippen LogP contribution in [0.4, 0.5) is 5.69 Å². The van der Waals surface area contributed by atoms with Crippen LogP contribution < -0.4 is 10.1 Å². The van der Waals surface area contributed by atoms with E-state index in [2.05, 4.69) is 40.6 Å². The van der Waals surface area contributed by atoms with Crippen molar-refractivity contribution in [3.8, 4) is 27.7 Å². The molecule has 1 N–H and O–H groups in total. The highest BCUT2D eigenvalue weighted by Gasteiger charge is 2.17. The van der Waals surface area contributed by atoms with E-state index in [0.717, 1.165) is 38.9 Å². The molecule has 5 aromatic rings. The number of fused-ring (bicyclic) bond motifs is 1. The molecule has 0 aliphatic heterocycles. The molecule has 0 atom stereocenters. The quantitative estimate of drug-likeness (QED) is 0.245. The maximum Gasteiger partial charge on any atom is 0.234 e. The topological polar surface area (TPSA) is 81.9 Å². The maximum absolute atomic E-state index is 12.6. The monoisotopic (exact) mass is 515 g/mol. The van der Waals surface area contributed by atoms with Gasteiger partial charge in [0.15, 0.2) is 11.0 Å². The average Bonchev–Trinajstić information content (AvgIpc) is 3.51. The van der Waals surface area contributed by atoms with Gasteiger partial charge in [-0.2, -0.15) is 0 Å². The van der Waals surface area contributed by atoms with Gasteiger partial charge < -0.3 is 14.6 Å². The summed E-state index contributed by atoms with van der Waals surface area (Å²) in [7, 11) is 1.64. The molecule has 36 heavy (non-hydrogen) atoms. The molecule has 0 aliphatic carbocycles. The first kappa shape index (κ1) is 24.0. The van der Waals surface area contributed by atoms with Crippen molar-refractivity contribution in [3.63, 3.8) is 0 Å². The number of carbonyl (C=O) groups excluding carboxylic acids is 1. The first-order valence-electron chi connectivity index (χ1n) is 11.5.